The molecule has 0 N–H and O–H groups in total. The highest BCUT2D eigenvalue weighted by Gasteiger charge is 2.34. The molecule has 3 aromatic carbocycles. The first-order valence-corrected chi connectivity index (χ1v) is 12.5. The summed E-state index contributed by atoms with van der Waals surface area (Å²) in [6.07, 6.45) is 0.414. The smallest absolute Gasteiger partial charge is 0.196 e. The van der Waals surface area contributed by atoms with E-state index in [9.17, 15) is 14.4 Å². The highest BCUT2D eigenvalue weighted by Crippen LogP contribution is 2.36. The number of fused-ring (bicyclic) bond motifs is 1. The zero-order valence-electron chi connectivity index (χ0n) is 21.2. The Kier molecular flexibility index (Phi) is 6.62. The standard InChI is InChI=1S/C31H28FN3O2/c1-19(2)28(35-14-13-34-31(35)23-11-9-20(3)26(32)17-23)30-25(15-21-7-5-4-6-8-21)29(36)24-12-10-22(18-33)16-27(24)37-30/h4-12,16-17,19,28H,13-15H2,1-3H3. The normalized spacial score (nSPS) is 14.2. The minimum atomic E-state index is -0.313. The van der Waals surface area contributed by atoms with Gasteiger partial charge in [0.05, 0.1) is 29.6 Å². The van der Waals surface area contributed by atoms with Crippen molar-refractivity contribution in [2.24, 2.45) is 10.9 Å². The summed E-state index contributed by atoms with van der Waals surface area (Å²) in [5.74, 6) is 1.03. The van der Waals surface area contributed by atoms with E-state index in [0.717, 1.165) is 5.56 Å². The summed E-state index contributed by atoms with van der Waals surface area (Å²) < 4.78 is 21.0. The van der Waals surface area contributed by atoms with Crippen LogP contribution in [0.3, 0.4) is 0 Å². The van der Waals surface area contributed by atoms with Crippen LogP contribution in [0, 0.1) is 30.0 Å². The van der Waals surface area contributed by atoms with E-state index in [1.54, 1.807) is 31.2 Å². The van der Waals surface area contributed by atoms with Crippen LogP contribution in [-0.4, -0.2) is 23.8 Å². The zero-order valence-corrected chi connectivity index (χ0v) is 21.2. The summed E-state index contributed by atoms with van der Waals surface area (Å²) >= 11 is 0. The van der Waals surface area contributed by atoms with Gasteiger partial charge in [-0.05, 0) is 48.2 Å². The molecule has 5 nitrogen and oxygen atoms in total. The van der Waals surface area contributed by atoms with Gasteiger partial charge in [-0.15, -0.1) is 0 Å². The molecule has 0 saturated heterocycles. The quantitative estimate of drug-likeness (QED) is 0.322. The second-order valence-corrected chi connectivity index (χ2v) is 9.81. The number of aryl methyl sites for hydroxylation is 1. The number of halogens is 1. The summed E-state index contributed by atoms with van der Waals surface area (Å²) in [5, 5.41) is 9.88. The summed E-state index contributed by atoms with van der Waals surface area (Å²) in [6.45, 7) is 7.09. The first-order chi connectivity index (χ1) is 17.9. The number of nitriles is 1. The fourth-order valence-corrected chi connectivity index (χ4v) is 5.05. The fraction of sp³-hybridized carbons (Fsp3) is 0.258. The largest absolute Gasteiger partial charge is 0.458 e. The number of hydrogen-bond donors (Lipinski definition) is 0. The molecule has 5 rings (SSSR count). The number of amidine groups is 1. The molecular formula is C31H28FN3O2. The van der Waals surface area contributed by atoms with Crippen LogP contribution in [0.2, 0.25) is 0 Å². The lowest BCUT2D eigenvalue weighted by atomic mass is 9.92. The summed E-state index contributed by atoms with van der Waals surface area (Å²) in [6, 6.07) is 21.7. The van der Waals surface area contributed by atoms with Crippen LogP contribution in [-0.2, 0) is 6.42 Å². The highest BCUT2D eigenvalue weighted by atomic mass is 19.1. The minimum absolute atomic E-state index is 0.0490. The van der Waals surface area contributed by atoms with E-state index in [1.807, 2.05) is 36.4 Å². The van der Waals surface area contributed by atoms with Crippen molar-refractivity contribution in [3.05, 3.63) is 116 Å². The second-order valence-electron chi connectivity index (χ2n) is 9.81. The lowest BCUT2D eigenvalue weighted by Crippen LogP contribution is -2.37. The van der Waals surface area contributed by atoms with Gasteiger partial charge in [0.2, 0.25) is 0 Å². The summed E-state index contributed by atoms with van der Waals surface area (Å²) in [4.78, 5) is 20.7. The van der Waals surface area contributed by atoms with Crippen LogP contribution in [0.15, 0.2) is 80.9 Å². The van der Waals surface area contributed by atoms with Crippen molar-refractivity contribution in [1.29, 1.82) is 5.26 Å². The SMILES string of the molecule is Cc1ccc(C2=NCCN2C(c2oc3cc(C#N)ccc3c(=O)c2Cc2ccccc2)C(C)C)cc1F. The third kappa shape index (κ3) is 4.65. The molecule has 0 bridgehead atoms. The molecule has 2 heterocycles. The minimum Gasteiger partial charge on any atom is -0.458 e. The van der Waals surface area contributed by atoms with Gasteiger partial charge in [-0.1, -0.05) is 56.3 Å². The number of rotatable bonds is 6. The predicted molar refractivity (Wildman–Crippen MR) is 143 cm³/mol. The molecule has 0 radical (unpaired) electrons. The Labute approximate surface area is 215 Å². The van der Waals surface area contributed by atoms with E-state index in [1.165, 1.54) is 6.07 Å². The molecule has 6 heteroatoms. The average Bonchev–Trinajstić information content (AvgIpc) is 3.37. The highest BCUT2D eigenvalue weighted by molar-refractivity contribution is 6.00. The fourth-order valence-electron chi connectivity index (χ4n) is 5.05. The van der Waals surface area contributed by atoms with Crippen LogP contribution in [0.4, 0.5) is 4.39 Å². The van der Waals surface area contributed by atoms with E-state index >= 15 is 0 Å². The van der Waals surface area contributed by atoms with Gasteiger partial charge in [0, 0.05) is 24.1 Å². The van der Waals surface area contributed by atoms with Crippen LogP contribution >= 0.6 is 0 Å². The van der Waals surface area contributed by atoms with Gasteiger partial charge in [0.15, 0.2) is 5.43 Å². The van der Waals surface area contributed by atoms with Gasteiger partial charge in [0.25, 0.3) is 0 Å². The van der Waals surface area contributed by atoms with Gasteiger partial charge in [-0.3, -0.25) is 9.79 Å². The molecule has 1 unspecified atom stereocenters. The molecule has 0 aliphatic carbocycles. The third-order valence-electron chi connectivity index (χ3n) is 6.91. The van der Waals surface area contributed by atoms with E-state index in [2.05, 4.69) is 24.8 Å². The van der Waals surface area contributed by atoms with Gasteiger partial charge < -0.3 is 9.32 Å². The van der Waals surface area contributed by atoms with Crippen LogP contribution in [0.25, 0.3) is 11.0 Å². The van der Waals surface area contributed by atoms with Crippen molar-refractivity contribution in [2.75, 3.05) is 13.1 Å². The van der Waals surface area contributed by atoms with Gasteiger partial charge in [-0.25, -0.2) is 4.39 Å². The topological polar surface area (TPSA) is 69.6 Å². The number of hydrogen-bond acceptors (Lipinski definition) is 5. The van der Waals surface area contributed by atoms with Crippen molar-refractivity contribution in [3.63, 3.8) is 0 Å². The molecule has 37 heavy (non-hydrogen) atoms. The maximum atomic E-state index is 14.5. The van der Waals surface area contributed by atoms with E-state index in [0.29, 0.717) is 64.3 Å². The lowest BCUT2D eigenvalue weighted by Gasteiger charge is -2.34. The van der Waals surface area contributed by atoms with Crippen LogP contribution < -0.4 is 5.43 Å². The molecule has 1 aliphatic heterocycles. The molecule has 186 valence electrons. The van der Waals surface area contributed by atoms with Crippen molar-refractivity contribution < 1.29 is 8.81 Å². The number of aliphatic imine (C=N–C) groups is 1. The molecule has 1 aromatic heterocycles. The Morgan fingerprint density at radius 3 is 2.59 bits per heavy atom. The second kappa shape index (κ2) is 10.0. The maximum absolute atomic E-state index is 14.5. The maximum Gasteiger partial charge on any atom is 0.196 e. The average molecular weight is 494 g/mol. The van der Waals surface area contributed by atoms with E-state index in [-0.39, 0.29) is 23.2 Å². The van der Waals surface area contributed by atoms with Gasteiger partial charge in [0.1, 0.15) is 23.0 Å². The van der Waals surface area contributed by atoms with Crippen molar-refractivity contribution in [2.45, 2.75) is 33.2 Å². The van der Waals surface area contributed by atoms with Crippen LogP contribution in [0.5, 0.6) is 0 Å². The first kappa shape index (κ1) is 24.5. The van der Waals surface area contributed by atoms with Crippen molar-refractivity contribution >= 4 is 16.8 Å². The zero-order chi connectivity index (χ0) is 26.1. The summed E-state index contributed by atoms with van der Waals surface area (Å²) in [5.41, 5.74) is 3.58. The molecule has 4 aromatic rings. The van der Waals surface area contributed by atoms with Crippen molar-refractivity contribution in [3.8, 4) is 6.07 Å². The Morgan fingerprint density at radius 2 is 1.89 bits per heavy atom. The molecule has 1 atom stereocenters. The van der Waals surface area contributed by atoms with Crippen LogP contribution in [0.1, 0.15) is 53.5 Å². The lowest BCUT2D eigenvalue weighted by molar-refractivity contribution is 0.232. The third-order valence-corrected chi connectivity index (χ3v) is 6.91. The molecule has 1 aliphatic rings. The van der Waals surface area contributed by atoms with E-state index in [4.69, 9.17) is 9.41 Å². The number of nitrogens with zero attached hydrogens (tertiary/aromatic N) is 3. The molecular weight excluding hydrogens is 465 g/mol. The van der Waals surface area contributed by atoms with Crippen molar-refractivity contribution in [1.82, 2.24) is 4.90 Å². The van der Waals surface area contributed by atoms with Gasteiger partial charge in [-0.2, -0.15) is 5.26 Å². The molecule has 0 amide bonds. The number of benzene rings is 3. The molecule has 0 saturated carbocycles. The molecule has 0 fully saturated rings. The Bertz CT molecular complexity index is 1600. The predicted octanol–water partition coefficient (Wildman–Crippen LogP) is 6.16. The Hall–Kier alpha value is -4.24. The Balaban J connectivity index is 1.70. The molecule has 0 spiro atoms. The first-order valence-electron chi connectivity index (χ1n) is 12.5. The van der Waals surface area contributed by atoms with E-state index < -0.39 is 0 Å². The monoisotopic (exact) mass is 493 g/mol. The Morgan fingerprint density at radius 1 is 1.11 bits per heavy atom. The summed E-state index contributed by atoms with van der Waals surface area (Å²) in [7, 11) is 0. The van der Waals surface area contributed by atoms with Gasteiger partial charge >= 0.3 is 0 Å².